The van der Waals surface area contributed by atoms with E-state index in [0.29, 0.717) is 12.1 Å². The molecule has 3 heteroatoms. The van der Waals surface area contributed by atoms with Crippen LogP contribution in [-0.4, -0.2) is 25.3 Å². The largest absolute Gasteiger partial charge is 0.375 e. The lowest BCUT2D eigenvalue weighted by Gasteiger charge is -2.09. The lowest BCUT2D eigenvalue weighted by atomic mass is 10.3. The summed E-state index contributed by atoms with van der Waals surface area (Å²) in [5, 5.41) is 3.33. The molecule has 2 heterocycles. The number of fused-ring (bicyclic) bond motifs is 2. The number of ether oxygens (including phenoxy) is 1. The molecule has 0 aromatic heterocycles. The average molecular weight is 136 g/mol. The second-order valence-electron chi connectivity index (χ2n) is 2.30. The second-order valence-corrected chi connectivity index (χ2v) is 2.30. The molecular weight excluding hydrogens is 126 g/mol. The van der Waals surface area contributed by atoms with Gasteiger partial charge in [-0.05, 0) is 6.42 Å². The van der Waals surface area contributed by atoms with Crippen LogP contribution in [0.1, 0.15) is 6.42 Å². The Bertz CT molecular complexity index is 70.5. The van der Waals surface area contributed by atoms with Gasteiger partial charge in [-0.1, -0.05) is 0 Å². The summed E-state index contributed by atoms with van der Waals surface area (Å²) in [6, 6.07) is 0.699. The normalized spacial score (nSPS) is 42.0. The van der Waals surface area contributed by atoms with Crippen LogP contribution in [0, 0.1) is 0 Å². The van der Waals surface area contributed by atoms with Crippen LogP contribution in [0.3, 0.4) is 0 Å². The molecule has 2 fully saturated rings. The van der Waals surface area contributed by atoms with Crippen LogP contribution < -0.4 is 5.32 Å². The van der Waals surface area contributed by atoms with Crippen LogP contribution in [0.4, 0.5) is 0 Å². The predicted octanol–water partition coefficient (Wildman–Crippen LogP) is 0.169. The zero-order valence-electron chi connectivity index (χ0n) is 4.59. The van der Waals surface area contributed by atoms with Crippen LogP contribution >= 0.6 is 12.4 Å². The summed E-state index contributed by atoms with van der Waals surface area (Å²) in [6.07, 6.45) is 1.81. The van der Waals surface area contributed by atoms with Gasteiger partial charge in [-0.25, -0.2) is 0 Å². The fraction of sp³-hybridized carbons (Fsp3) is 1.00. The van der Waals surface area contributed by atoms with Gasteiger partial charge in [-0.3, -0.25) is 0 Å². The molecule has 2 aliphatic rings. The SMILES string of the molecule is C1O[C@H]2CN[C@H]1C2.Cl. The molecule has 2 atom stereocenters. The van der Waals surface area contributed by atoms with E-state index in [-0.39, 0.29) is 12.4 Å². The highest BCUT2D eigenvalue weighted by atomic mass is 35.5. The van der Waals surface area contributed by atoms with E-state index in [1.807, 2.05) is 0 Å². The summed E-state index contributed by atoms with van der Waals surface area (Å²) in [5.41, 5.74) is 0. The highest BCUT2D eigenvalue weighted by molar-refractivity contribution is 5.85. The Labute approximate surface area is 55.0 Å². The summed E-state index contributed by atoms with van der Waals surface area (Å²) in [5.74, 6) is 0. The number of nitrogens with one attached hydrogen (secondary N) is 1. The Kier molecular flexibility index (Phi) is 1.75. The molecule has 0 unspecified atom stereocenters. The van der Waals surface area contributed by atoms with Crippen molar-refractivity contribution in [2.45, 2.75) is 18.6 Å². The van der Waals surface area contributed by atoms with E-state index >= 15 is 0 Å². The standard InChI is InChI=1S/C5H9NO.ClH/c1-4-3-7-5(1)2-6-4;/h4-6H,1-3H2;1H/t4-,5+;/m0./s1. The zero-order chi connectivity index (χ0) is 4.69. The molecule has 2 nitrogen and oxygen atoms in total. The minimum Gasteiger partial charge on any atom is -0.375 e. The average Bonchev–Trinajstić information content (AvgIpc) is 2.22. The van der Waals surface area contributed by atoms with E-state index in [9.17, 15) is 0 Å². The first kappa shape index (κ1) is 6.33. The minimum atomic E-state index is 0. The Balaban J connectivity index is 0.000000320. The maximum Gasteiger partial charge on any atom is 0.0716 e. The van der Waals surface area contributed by atoms with Crippen LogP contribution in [0.15, 0.2) is 0 Å². The Morgan fingerprint density at radius 2 is 2.38 bits per heavy atom. The van der Waals surface area contributed by atoms with Gasteiger partial charge in [-0.15, -0.1) is 12.4 Å². The fourth-order valence-corrected chi connectivity index (χ4v) is 1.29. The van der Waals surface area contributed by atoms with Crippen molar-refractivity contribution in [3.05, 3.63) is 0 Å². The molecule has 2 rings (SSSR count). The number of halogens is 1. The van der Waals surface area contributed by atoms with Crippen molar-refractivity contribution < 1.29 is 4.74 Å². The smallest absolute Gasteiger partial charge is 0.0716 e. The maximum atomic E-state index is 5.29. The summed E-state index contributed by atoms with van der Waals surface area (Å²) in [6.45, 7) is 2.04. The van der Waals surface area contributed by atoms with Crippen molar-refractivity contribution >= 4 is 12.4 Å². The van der Waals surface area contributed by atoms with Crippen LogP contribution in [0.2, 0.25) is 0 Å². The highest BCUT2D eigenvalue weighted by Crippen LogP contribution is 2.17. The van der Waals surface area contributed by atoms with Gasteiger partial charge in [0, 0.05) is 12.6 Å². The van der Waals surface area contributed by atoms with E-state index in [4.69, 9.17) is 4.74 Å². The lowest BCUT2D eigenvalue weighted by Crippen LogP contribution is -2.30. The fourth-order valence-electron chi connectivity index (χ4n) is 1.29. The van der Waals surface area contributed by atoms with Crippen LogP contribution in [-0.2, 0) is 4.74 Å². The number of hydrogen-bond donors (Lipinski definition) is 1. The number of morpholine rings is 1. The molecule has 8 heavy (non-hydrogen) atoms. The molecule has 48 valence electrons. The Hall–Kier alpha value is 0.210. The molecule has 0 saturated carbocycles. The first-order chi connectivity index (χ1) is 3.45. The third kappa shape index (κ3) is 0.835. The highest BCUT2D eigenvalue weighted by Gasteiger charge is 2.31. The summed E-state index contributed by atoms with van der Waals surface area (Å²) in [7, 11) is 0. The van der Waals surface area contributed by atoms with Gasteiger partial charge in [0.25, 0.3) is 0 Å². The quantitative estimate of drug-likeness (QED) is 0.511. The van der Waals surface area contributed by atoms with Gasteiger partial charge in [0.15, 0.2) is 0 Å². The molecule has 2 aliphatic heterocycles. The molecular formula is C5H10ClNO. The van der Waals surface area contributed by atoms with Gasteiger partial charge >= 0.3 is 0 Å². The lowest BCUT2D eigenvalue weighted by molar-refractivity contribution is 0.0892. The van der Waals surface area contributed by atoms with E-state index in [2.05, 4.69) is 5.32 Å². The minimum absolute atomic E-state index is 0. The molecule has 2 saturated heterocycles. The molecule has 0 spiro atoms. The van der Waals surface area contributed by atoms with Crippen LogP contribution in [0.25, 0.3) is 0 Å². The van der Waals surface area contributed by atoms with E-state index in [0.717, 1.165) is 13.2 Å². The van der Waals surface area contributed by atoms with Crippen molar-refractivity contribution in [1.82, 2.24) is 5.32 Å². The summed E-state index contributed by atoms with van der Waals surface area (Å²) < 4.78 is 5.29. The van der Waals surface area contributed by atoms with Gasteiger partial charge in [0.2, 0.25) is 0 Å². The van der Waals surface area contributed by atoms with Gasteiger partial charge in [0.05, 0.1) is 12.7 Å². The maximum absolute atomic E-state index is 5.29. The van der Waals surface area contributed by atoms with Crippen molar-refractivity contribution in [2.75, 3.05) is 13.2 Å². The van der Waals surface area contributed by atoms with Crippen molar-refractivity contribution in [1.29, 1.82) is 0 Å². The summed E-state index contributed by atoms with van der Waals surface area (Å²) in [4.78, 5) is 0. The predicted molar refractivity (Wildman–Crippen MR) is 33.4 cm³/mol. The van der Waals surface area contributed by atoms with E-state index in [1.54, 1.807) is 0 Å². The molecule has 0 aliphatic carbocycles. The second kappa shape index (κ2) is 2.21. The van der Waals surface area contributed by atoms with Gasteiger partial charge in [0.1, 0.15) is 0 Å². The van der Waals surface area contributed by atoms with Crippen molar-refractivity contribution in [3.63, 3.8) is 0 Å². The first-order valence-corrected chi connectivity index (χ1v) is 2.80. The van der Waals surface area contributed by atoms with Gasteiger partial charge in [-0.2, -0.15) is 0 Å². The summed E-state index contributed by atoms with van der Waals surface area (Å²) >= 11 is 0. The van der Waals surface area contributed by atoms with Crippen LogP contribution in [0.5, 0.6) is 0 Å². The Morgan fingerprint density at radius 1 is 1.50 bits per heavy atom. The van der Waals surface area contributed by atoms with Crippen molar-refractivity contribution in [3.8, 4) is 0 Å². The molecule has 0 amide bonds. The zero-order valence-corrected chi connectivity index (χ0v) is 5.41. The molecule has 1 N–H and O–H groups in total. The molecule has 0 aromatic carbocycles. The Morgan fingerprint density at radius 3 is 2.50 bits per heavy atom. The topological polar surface area (TPSA) is 21.3 Å². The molecule has 0 radical (unpaired) electrons. The van der Waals surface area contributed by atoms with Gasteiger partial charge < -0.3 is 10.1 Å². The number of rotatable bonds is 0. The van der Waals surface area contributed by atoms with E-state index in [1.165, 1.54) is 6.42 Å². The molecule has 0 aromatic rings. The molecule has 2 bridgehead atoms. The van der Waals surface area contributed by atoms with E-state index < -0.39 is 0 Å². The third-order valence-electron chi connectivity index (χ3n) is 1.71. The first-order valence-electron chi connectivity index (χ1n) is 2.80. The number of hydrogen-bond acceptors (Lipinski definition) is 2. The monoisotopic (exact) mass is 135 g/mol. The third-order valence-corrected chi connectivity index (χ3v) is 1.71. The van der Waals surface area contributed by atoms with Crippen molar-refractivity contribution in [2.24, 2.45) is 0 Å².